The quantitative estimate of drug-likeness (QED) is 0.783. The Morgan fingerprint density at radius 1 is 1.61 bits per heavy atom. The lowest BCUT2D eigenvalue weighted by atomic mass is 10.1. The van der Waals surface area contributed by atoms with Crippen LogP contribution in [0.25, 0.3) is 0 Å². The fourth-order valence-corrected chi connectivity index (χ4v) is 1.94. The van der Waals surface area contributed by atoms with Gasteiger partial charge in [0.15, 0.2) is 0 Å². The van der Waals surface area contributed by atoms with Crippen molar-refractivity contribution in [3.8, 4) is 5.75 Å². The summed E-state index contributed by atoms with van der Waals surface area (Å²) in [7, 11) is 1.53. The van der Waals surface area contributed by atoms with Crippen molar-refractivity contribution in [1.29, 1.82) is 0 Å². The van der Waals surface area contributed by atoms with Crippen molar-refractivity contribution in [2.75, 3.05) is 32.6 Å². The first-order valence-electron chi connectivity index (χ1n) is 6.00. The van der Waals surface area contributed by atoms with Crippen molar-refractivity contribution in [1.82, 2.24) is 5.32 Å². The normalized spacial score (nSPS) is 18.6. The van der Waals surface area contributed by atoms with Crippen molar-refractivity contribution < 1.29 is 14.3 Å². The fourth-order valence-electron chi connectivity index (χ4n) is 1.94. The Morgan fingerprint density at radius 2 is 2.44 bits per heavy atom. The number of nitrogens with one attached hydrogen (secondary N) is 1. The Labute approximate surface area is 106 Å². The Morgan fingerprint density at radius 3 is 3.11 bits per heavy atom. The molecular weight excluding hydrogens is 232 g/mol. The van der Waals surface area contributed by atoms with Gasteiger partial charge in [-0.2, -0.15) is 0 Å². The SMILES string of the molecule is COc1cc(C(=O)NCC2CCOC2)ccc1N. The first-order valence-corrected chi connectivity index (χ1v) is 6.00. The van der Waals surface area contributed by atoms with Gasteiger partial charge in [-0.05, 0) is 24.6 Å². The van der Waals surface area contributed by atoms with E-state index in [0.717, 1.165) is 19.6 Å². The Bertz CT molecular complexity index is 428. The van der Waals surface area contributed by atoms with Gasteiger partial charge in [0.05, 0.1) is 19.4 Å². The third-order valence-corrected chi connectivity index (χ3v) is 3.07. The summed E-state index contributed by atoms with van der Waals surface area (Å²) in [5.41, 5.74) is 6.78. The molecule has 5 heteroatoms. The van der Waals surface area contributed by atoms with Gasteiger partial charge in [0, 0.05) is 24.6 Å². The highest BCUT2D eigenvalue weighted by Gasteiger charge is 2.17. The van der Waals surface area contributed by atoms with E-state index in [-0.39, 0.29) is 5.91 Å². The number of rotatable bonds is 4. The summed E-state index contributed by atoms with van der Waals surface area (Å²) in [6.07, 6.45) is 1.01. The first-order chi connectivity index (χ1) is 8.70. The molecule has 1 aliphatic rings. The van der Waals surface area contributed by atoms with Gasteiger partial charge < -0.3 is 20.5 Å². The maximum absolute atomic E-state index is 11.9. The van der Waals surface area contributed by atoms with Crippen LogP contribution in [0.15, 0.2) is 18.2 Å². The van der Waals surface area contributed by atoms with E-state index < -0.39 is 0 Å². The van der Waals surface area contributed by atoms with E-state index in [4.69, 9.17) is 15.2 Å². The number of nitrogen functional groups attached to an aromatic ring is 1. The zero-order chi connectivity index (χ0) is 13.0. The average molecular weight is 250 g/mol. The molecule has 3 N–H and O–H groups in total. The molecule has 18 heavy (non-hydrogen) atoms. The molecule has 2 rings (SSSR count). The summed E-state index contributed by atoms with van der Waals surface area (Å²) in [4.78, 5) is 11.9. The number of hydrogen-bond donors (Lipinski definition) is 2. The molecule has 5 nitrogen and oxygen atoms in total. The zero-order valence-corrected chi connectivity index (χ0v) is 10.4. The molecular formula is C13H18N2O3. The predicted octanol–water partition coefficient (Wildman–Crippen LogP) is 1.04. The van der Waals surface area contributed by atoms with Crippen LogP contribution in [0.4, 0.5) is 5.69 Å². The number of hydrogen-bond acceptors (Lipinski definition) is 4. The summed E-state index contributed by atoms with van der Waals surface area (Å²) in [6, 6.07) is 5.01. The Hall–Kier alpha value is -1.75. The van der Waals surface area contributed by atoms with Crippen molar-refractivity contribution in [3.63, 3.8) is 0 Å². The lowest BCUT2D eigenvalue weighted by molar-refractivity contribution is 0.0944. The Balaban J connectivity index is 1.95. The molecule has 1 aliphatic heterocycles. The van der Waals surface area contributed by atoms with E-state index in [9.17, 15) is 4.79 Å². The number of anilines is 1. The average Bonchev–Trinajstić information content (AvgIpc) is 2.89. The number of ether oxygens (including phenoxy) is 2. The molecule has 1 unspecified atom stereocenters. The highest BCUT2D eigenvalue weighted by Crippen LogP contribution is 2.22. The summed E-state index contributed by atoms with van der Waals surface area (Å²) in [6.45, 7) is 2.16. The van der Waals surface area contributed by atoms with Crippen molar-refractivity contribution in [2.24, 2.45) is 5.92 Å². The van der Waals surface area contributed by atoms with Gasteiger partial charge in [0.25, 0.3) is 5.91 Å². The van der Waals surface area contributed by atoms with Gasteiger partial charge in [0.1, 0.15) is 5.75 Å². The maximum Gasteiger partial charge on any atom is 0.251 e. The number of nitrogens with two attached hydrogens (primary N) is 1. The molecule has 0 aromatic heterocycles. The van der Waals surface area contributed by atoms with Gasteiger partial charge in [-0.15, -0.1) is 0 Å². The molecule has 1 aromatic carbocycles. The lowest BCUT2D eigenvalue weighted by Gasteiger charge is -2.11. The number of benzene rings is 1. The van der Waals surface area contributed by atoms with E-state index in [2.05, 4.69) is 5.32 Å². The topological polar surface area (TPSA) is 73.6 Å². The van der Waals surface area contributed by atoms with Gasteiger partial charge >= 0.3 is 0 Å². The van der Waals surface area contributed by atoms with Gasteiger partial charge in [-0.1, -0.05) is 0 Å². The van der Waals surface area contributed by atoms with Gasteiger partial charge in [0.2, 0.25) is 0 Å². The molecule has 1 heterocycles. The van der Waals surface area contributed by atoms with Gasteiger partial charge in [-0.25, -0.2) is 0 Å². The minimum atomic E-state index is -0.111. The van der Waals surface area contributed by atoms with Crippen LogP contribution >= 0.6 is 0 Å². The maximum atomic E-state index is 11.9. The number of carbonyl (C=O) groups excluding carboxylic acids is 1. The molecule has 1 amide bonds. The van der Waals surface area contributed by atoms with Crippen LogP contribution in [0, 0.1) is 5.92 Å². The molecule has 1 saturated heterocycles. The van der Waals surface area contributed by atoms with Crippen LogP contribution in [0.2, 0.25) is 0 Å². The second-order valence-electron chi connectivity index (χ2n) is 4.40. The molecule has 0 saturated carbocycles. The number of amides is 1. The summed E-state index contributed by atoms with van der Waals surface area (Å²) in [5.74, 6) is 0.830. The van der Waals surface area contributed by atoms with Crippen LogP contribution < -0.4 is 15.8 Å². The number of methoxy groups -OCH3 is 1. The fraction of sp³-hybridized carbons (Fsp3) is 0.462. The highest BCUT2D eigenvalue weighted by molar-refractivity contribution is 5.95. The summed E-state index contributed by atoms with van der Waals surface area (Å²) < 4.78 is 10.3. The lowest BCUT2D eigenvalue weighted by Crippen LogP contribution is -2.29. The second kappa shape index (κ2) is 5.73. The molecule has 1 atom stereocenters. The monoisotopic (exact) mass is 250 g/mol. The van der Waals surface area contributed by atoms with E-state index in [1.165, 1.54) is 7.11 Å². The molecule has 98 valence electrons. The summed E-state index contributed by atoms with van der Waals surface area (Å²) in [5, 5.41) is 2.90. The van der Waals surface area contributed by atoms with Crippen LogP contribution in [0.5, 0.6) is 5.75 Å². The van der Waals surface area contributed by atoms with E-state index in [0.29, 0.717) is 29.5 Å². The van der Waals surface area contributed by atoms with Crippen LogP contribution in [-0.2, 0) is 4.74 Å². The van der Waals surface area contributed by atoms with Crippen molar-refractivity contribution in [3.05, 3.63) is 23.8 Å². The van der Waals surface area contributed by atoms with E-state index in [1.807, 2.05) is 0 Å². The van der Waals surface area contributed by atoms with E-state index in [1.54, 1.807) is 18.2 Å². The van der Waals surface area contributed by atoms with Crippen LogP contribution in [-0.4, -0.2) is 32.8 Å². The van der Waals surface area contributed by atoms with Gasteiger partial charge in [-0.3, -0.25) is 4.79 Å². The minimum Gasteiger partial charge on any atom is -0.495 e. The largest absolute Gasteiger partial charge is 0.495 e. The molecule has 0 bridgehead atoms. The van der Waals surface area contributed by atoms with E-state index >= 15 is 0 Å². The second-order valence-corrected chi connectivity index (χ2v) is 4.40. The third-order valence-electron chi connectivity index (χ3n) is 3.07. The molecule has 0 spiro atoms. The highest BCUT2D eigenvalue weighted by atomic mass is 16.5. The minimum absolute atomic E-state index is 0.111. The smallest absolute Gasteiger partial charge is 0.251 e. The number of carbonyl (C=O) groups is 1. The predicted molar refractivity (Wildman–Crippen MR) is 68.7 cm³/mol. The Kier molecular flexibility index (Phi) is 4.04. The third kappa shape index (κ3) is 2.92. The zero-order valence-electron chi connectivity index (χ0n) is 10.4. The van der Waals surface area contributed by atoms with Crippen molar-refractivity contribution >= 4 is 11.6 Å². The van der Waals surface area contributed by atoms with Crippen LogP contribution in [0.3, 0.4) is 0 Å². The molecule has 1 aromatic rings. The summed E-state index contributed by atoms with van der Waals surface area (Å²) >= 11 is 0. The molecule has 0 radical (unpaired) electrons. The van der Waals surface area contributed by atoms with Crippen LogP contribution in [0.1, 0.15) is 16.8 Å². The first kappa shape index (κ1) is 12.7. The standard InChI is InChI=1S/C13H18N2O3/c1-17-12-6-10(2-3-11(12)14)13(16)15-7-9-4-5-18-8-9/h2-3,6,9H,4-5,7-8,14H2,1H3,(H,15,16). The molecule has 1 fully saturated rings. The molecule has 0 aliphatic carbocycles. The van der Waals surface area contributed by atoms with Crippen molar-refractivity contribution in [2.45, 2.75) is 6.42 Å².